The third kappa shape index (κ3) is 5.38. The van der Waals surface area contributed by atoms with Crippen molar-refractivity contribution >= 4 is 24.3 Å². The first-order valence-corrected chi connectivity index (χ1v) is 10.9. The molecule has 7 heteroatoms. The summed E-state index contributed by atoms with van der Waals surface area (Å²) in [7, 11) is 0. The normalized spacial score (nSPS) is 17.6. The molecule has 0 aliphatic carbocycles. The Morgan fingerprint density at radius 3 is 2.55 bits per heavy atom. The maximum absolute atomic E-state index is 12.3. The number of nitrogens with one attached hydrogen (secondary N) is 1. The lowest BCUT2D eigenvalue weighted by molar-refractivity contribution is -0.128. The van der Waals surface area contributed by atoms with E-state index in [1.54, 1.807) is 4.90 Å². The van der Waals surface area contributed by atoms with Crippen molar-refractivity contribution in [1.82, 2.24) is 15.1 Å². The van der Waals surface area contributed by atoms with Crippen molar-refractivity contribution in [2.45, 2.75) is 31.7 Å². The second kappa shape index (κ2) is 11.2. The highest BCUT2D eigenvalue weighted by atomic mass is 35.5. The van der Waals surface area contributed by atoms with Crippen molar-refractivity contribution in [2.75, 3.05) is 32.8 Å². The van der Waals surface area contributed by atoms with Gasteiger partial charge in [-0.2, -0.15) is 0 Å². The smallest absolute Gasteiger partial charge is 0.327 e. The lowest BCUT2D eigenvalue weighted by Gasteiger charge is -2.15. The number of nitrogens with zero attached hydrogens (tertiary/aromatic N) is 2. The molecule has 3 amide bonds. The summed E-state index contributed by atoms with van der Waals surface area (Å²) < 4.78 is 5.98. The van der Waals surface area contributed by atoms with Crippen LogP contribution in [0.15, 0.2) is 54.6 Å². The van der Waals surface area contributed by atoms with Gasteiger partial charge < -0.3 is 15.0 Å². The summed E-state index contributed by atoms with van der Waals surface area (Å²) in [5.74, 6) is 0.882. The van der Waals surface area contributed by atoms with E-state index in [0.29, 0.717) is 13.2 Å². The molecular formula is C24H30ClN3O3. The van der Waals surface area contributed by atoms with E-state index in [1.165, 1.54) is 4.90 Å². The number of para-hydroxylation sites is 1. The summed E-state index contributed by atoms with van der Waals surface area (Å²) >= 11 is 0. The Morgan fingerprint density at radius 2 is 1.74 bits per heavy atom. The summed E-state index contributed by atoms with van der Waals surface area (Å²) in [6, 6.07) is 18.0. The zero-order valence-electron chi connectivity index (χ0n) is 17.7. The van der Waals surface area contributed by atoms with Gasteiger partial charge in [0.1, 0.15) is 18.4 Å². The SMILES string of the molecule is Cl.O=C1C2CCCN2C(=O)N1CCCCNCCOc1ccccc1-c1ccccc1. The molecule has 1 unspecified atom stereocenters. The highest BCUT2D eigenvalue weighted by Gasteiger charge is 2.46. The number of imide groups is 1. The first kappa shape index (κ1) is 23.1. The molecule has 166 valence electrons. The molecule has 0 aromatic heterocycles. The number of halogens is 1. The fraction of sp³-hybridized carbons (Fsp3) is 0.417. The first-order chi connectivity index (χ1) is 14.8. The fourth-order valence-corrected chi connectivity index (χ4v) is 4.21. The molecule has 2 aliphatic rings. The molecule has 2 heterocycles. The third-order valence-electron chi connectivity index (χ3n) is 5.77. The van der Waals surface area contributed by atoms with Gasteiger partial charge in [0.15, 0.2) is 0 Å². The molecule has 0 bridgehead atoms. The van der Waals surface area contributed by atoms with Crippen LogP contribution in [0, 0.1) is 0 Å². The second-order valence-corrected chi connectivity index (χ2v) is 7.79. The minimum atomic E-state index is -0.188. The zero-order valence-corrected chi connectivity index (χ0v) is 18.5. The van der Waals surface area contributed by atoms with Gasteiger partial charge in [0.2, 0.25) is 0 Å². The van der Waals surface area contributed by atoms with Crippen LogP contribution in [-0.4, -0.2) is 60.6 Å². The monoisotopic (exact) mass is 443 g/mol. The number of carbonyl (C=O) groups is 2. The highest BCUT2D eigenvalue weighted by Crippen LogP contribution is 2.29. The van der Waals surface area contributed by atoms with Gasteiger partial charge in [0.05, 0.1) is 0 Å². The molecular weight excluding hydrogens is 414 g/mol. The van der Waals surface area contributed by atoms with Crippen LogP contribution < -0.4 is 10.1 Å². The third-order valence-corrected chi connectivity index (χ3v) is 5.77. The van der Waals surface area contributed by atoms with Crippen molar-refractivity contribution in [1.29, 1.82) is 0 Å². The molecule has 2 aromatic carbocycles. The van der Waals surface area contributed by atoms with Gasteiger partial charge in [0, 0.05) is 25.2 Å². The van der Waals surface area contributed by atoms with E-state index < -0.39 is 0 Å². The summed E-state index contributed by atoms with van der Waals surface area (Å²) in [6.45, 7) is 3.42. The molecule has 2 saturated heterocycles. The summed E-state index contributed by atoms with van der Waals surface area (Å²) in [4.78, 5) is 27.7. The van der Waals surface area contributed by atoms with E-state index in [1.807, 2.05) is 36.4 Å². The van der Waals surface area contributed by atoms with Crippen molar-refractivity contribution in [2.24, 2.45) is 0 Å². The Kier molecular flexibility index (Phi) is 8.32. The number of carbonyl (C=O) groups excluding carboxylic acids is 2. The van der Waals surface area contributed by atoms with Crippen LogP contribution in [-0.2, 0) is 4.79 Å². The Hall–Kier alpha value is -2.57. The predicted molar refractivity (Wildman–Crippen MR) is 124 cm³/mol. The number of amides is 3. The van der Waals surface area contributed by atoms with E-state index in [9.17, 15) is 9.59 Å². The molecule has 1 atom stereocenters. The molecule has 0 saturated carbocycles. The molecule has 6 nitrogen and oxygen atoms in total. The van der Waals surface area contributed by atoms with Gasteiger partial charge in [-0.05, 0) is 43.9 Å². The Balaban J connectivity index is 0.00000272. The van der Waals surface area contributed by atoms with Crippen LogP contribution in [0.4, 0.5) is 4.79 Å². The molecule has 1 N–H and O–H groups in total. The van der Waals surface area contributed by atoms with E-state index in [-0.39, 0.29) is 30.4 Å². The predicted octanol–water partition coefficient (Wildman–Crippen LogP) is 3.95. The number of unbranched alkanes of at least 4 members (excludes halogenated alkanes) is 1. The highest BCUT2D eigenvalue weighted by molar-refractivity contribution is 6.04. The molecule has 2 aromatic rings. The number of ether oxygens (including phenoxy) is 1. The zero-order chi connectivity index (χ0) is 20.8. The largest absolute Gasteiger partial charge is 0.492 e. The Labute approximate surface area is 190 Å². The number of benzene rings is 2. The molecule has 2 aliphatic heterocycles. The fourth-order valence-electron chi connectivity index (χ4n) is 4.21. The maximum Gasteiger partial charge on any atom is 0.327 e. The second-order valence-electron chi connectivity index (χ2n) is 7.79. The van der Waals surface area contributed by atoms with Crippen LogP contribution in [0.2, 0.25) is 0 Å². The summed E-state index contributed by atoms with van der Waals surface area (Å²) in [5.41, 5.74) is 2.24. The van der Waals surface area contributed by atoms with Gasteiger partial charge in [-0.15, -0.1) is 12.4 Å². The van der Waals surface area contributed by atoms with Crippen LogP contribution in [0.25, 0.3) is 11.1 Å². The number of urea groups is 1. The molecule has 31 heavy (non-hydrogen) atoms. The number of hydrogen-bond donors (Lipinski definition) is 1. The van der Waals surface area contributed by atoms with Crippen molar-refractivity contribution in [3.8, 4) is 16.9 Å². The molecule has 2 fully saturated rings. The van der Waals surface area contributed by atoms with Crippen molar-refractivity contribution < 1.29 is 14.3 Å². The van der Waals surface area contributed by atoms with Crippen molar-refractivity contribution in [3.05, 3.63) is 54.6 Å². The van der Waals surface area contributed by atoms with Gasteiger partial charge in [-0.3, -0.25) is 9.69 Å². The molecule has 0 spiro atoms. The summed E-state index contributed by atoms with van der Waals surface area (Å²) in [5, 5.41) is 3.38. The van der Waals surface area contributed by atoms with E-state index in [4.69, 9.17) is 4.74 Å². The lowest BCUT2D eigenvalue weighted by Crippen LogP contribution is -2.34. The number of fused-ring (bicyclic) bond motifs is 1. The molecule has 0 radical (unpaired) electrons. The van der Waals surface area contributed by atoms with Crippen LogP contribution in [0.1, 0.15) is 25.7 Å². The van der Waals surface area contributed by atoms with E-state index >= 15 is 0 Å². The Morgan fingerprint density at radius 1 is 0.968 bits per heavy atom. The van der Waals surface area contributed by atoms with E-state index in [2.05, 4.69) is 23.5 Å². The summed E-state index contributed by atoms with van der Waals surface area (Å²) in [6.07, 6.45) is 3.50. The lowest BCUT2D eigenvalue weighted by atomic mass is 10.1. The van der Waals surface area contributed by atoms with Gasteiger partial charge in [0.25, 0.3) is 5.91 Å². The minimum Gasteiger partial charge on any atom is -0.492 e. The van der Waals surface area contributed by atoms with Gasteiger partial charge in [-0.1, -0.05) is 48.5 Å². The number of rotatable bonds is 10. The van der Waals surface area contributed by atoms with Crippen LogP contribution in [0.5, 0.6) is 5.75 Å². The standard InChI is InChI=1S/C24H29N3O3.ClH/c28-23-21-12-8-17-26(21)24(29)27(23)16-7-6-14-25-15-18-30-22-13-5-4-11-20(22)19-9-2-1-3-10-19;/h1-5,9-11,13,21,25H,6-8,12,14-18H2;1H. The van der Waals surface area contributed by atoms with E-state index in [0.717, 1.165) is 62.2 Å². The number of hydrogen-bond acceptors (Lipinski definition) is 4. The maximum atomic E-state index is 12.3. The Bertz CT molecular complexity index is 855. The van der Waals surface area contributed by atoms with Crippen LogP contribution >= 0.6 is 12.4 Å². The van der Waals surface area contributed by atoms with Crippen LogP contribution in [0.3, 0.4) is 0 Å². The average Bonchev–Trinajstić information content (AvgIpc) is 3.35. The topological polar surface area (TPSA) is 61.9 Å². The van der Waals surface area contributed by atoms with Gasteiger partial charge >= 0.3 is 6.03 Å². The van der Waals surface area contributed by atoms with Gasteiger partial charge in [-0.25, -0.2) is 4.79 Å². The average molecular weight is 444 g/mol. The van der Waals surface area contributed by atoms with Crippen molar-refractivity contribution in [3.63, 3.8) is 0 Å². The molecule has 4 rings (SSSR count). The first-order valence-electron chi connectivity index (χ1n) is 10.9. The minimum absolute atomic E-state index is 0. The quantitative estimate of drug-likeness (QED) is 0.446.